The van der Waals surface area contributed by atoms with Gasteiger partial charge in [-0.1, -0.05) is 0 Å². The summed E-state index contributed by atoms with van der Waals surface area (Å²) in [5.41, 5.74) is -1.83. The Morgan fingerprint density at radius 1 is 1.54 bits per heavy atom. The SMILES string of the molecule is CC(C)(F)C(=O)N[C@H]1CC[C@@H](O)C1. The van der Waals surface area contributed by atoms with Crippen molar-refractivity contribution in [2.45, 2.75) is 50.9 Å². The van der Waals surface area contributed by atoms with Crippen LogP contribution in [0.25, 0.3) is 0 Å². The Kier molecular flexibility index (Phi) is 2.91. The highest BCUT2D eigenvalue weighted by molar-refractivity contribution is 5.84. The van der Waals surface area contributed by atoms with Crippen LogP contribution in [0.5, 0.6) is 0 Å². The third kappa shape index (κ3) is 2.95. The topological polar surface area (TPSA) is 49.3 Å². The number of amides is 1. The fraction of sp³-hybridized carbons (Fsp3) is 0.889. The summed E-state index contributed by atoms with van der Waals surface area (Å²) < 4.78 is 13.1. The van der Waals surface area contributed by atoms with Crippen LogP contribution in [-0.2, 0) is 4.79 Å². The van der Waals surface area contributed by atoms with E-state index < -0.39 is 11.6 Å². The molecule has 0 aliphatic heterocycles. The molecule has 0 heterocycles. The molecule has 0 unspecified atom stereocenters. The molecule has 0 aromatic carbocycles. The van der Waals surface area contributed by atoms with Crippen molar-refractivity contribution in [3.8, 4) is 0 Å². The summed E-state index contributed by atoms with van der Waals surface area (Å²) in [5, 5.41) is 11.7. The number of nitrogens with one attached hydrogen (secondary N) is 1. The molecule has 13 heavy (non-hydrogen) atoms. The van der Waals surface area contributed by atoms with E-state index in [1.165, 1.54) is 13.8 Å². The van der Waals surface area contributed by atoms with Gasteiger partial charge in [0.05, 0.1) is 6.10 Å². The van der Waals surface area contributed by atoms with Crippen molar-refractivity contribution in [2.24, 2.45) is 0 Å². The largest absolute Gasteiger partial charge is 0.393 e. The van der Waals surface area contributed by atoms with E-state index >= 15 is 0 Å². The maximum absolute atomic E-state index is 13.1. The van der Waals surface area contributed by atoms with Gasteiger partial charge >= 0.3 is 0 Å². The molecular formula is C9H16FNO2. The molecule has 1 saturated carbocycles. The molecule has 4 heteroatoms. The molecule has 1 fully saturated rings. The van der Waals surface area contributed by atoms with Gasteiger partial charge in [-0.15, -0.1) is 0 Å². The first-order chi connectivity index (χ1) is 5.89. The van der Waals surface area contributed by atoms with Crippen LogP contribution in [0.1, 0.15) is 33.1 Å². The molecule has 1 aliphatic carbocycles. The van der Waals surface area contributed by atoms with E-state index in [0.29, 0.717) is 12.8 Å². The number of aliphatic hydroxyl groups excluding tert-OH is 1. The lowest BCUT2D eigenvalue weighted by molar-refractivity contribution is -0.131. The van der Waals surface area contributed by atoms with Crippen molar-refractivity contribution in [3.63, 3.8) is 0 Å². The normalized spacial score (nSPS) is 28.9. The monoisotopic (exact) mass is 189 g/mol. The predicted molar refractivity (Wildman–Crippen MR) is 47.0 cm³/mol. The molecule has 0 aromatic rings. The number of rotatable bonds is 2. The smallest absolute Gasteiger partial charge is 0.257 e. The zero-order chi connectivity index (χ0) is 10.1. The molecule has 76 valence electrons. The van der Waals surface area contributed by atoms with E-state index in [0.717, 1.165) is 6.42 Å². The first-order valence-electron chi connectivity index (χ1n) is 4.57. The summed E-state index contributed by atoms with van der Waals surface area (Å²) >= 11 is 0. The Morgan fingerprint density at radius 2 is 2.15 bits per heavy atom. The fourth-order valence-electron chi connectivity index (χ4n) is 1.45. The summed E-state index contributed by atoms with van der Waals surface area (Å²) in [4.78, 5) is 11.2. The second-order valence-electron chi connectivity index (χ2n) is 4.11. The molecule has 0 saturated heterocycles. The van der Waals surface area contributed by atoms with Crippen LogP contribution < -0.4 is 5.32 Å². The molecular weight excluding hydrogens is 173 g/mol. The minimum absolute atomic E-state index is 0.0578. The lowest BCUT2D eigenvalue weighted by atomic mass is 10.1. The van der Waals surface area contributed by atoms with Crippen molar-refractivity contribution >= 4 is 5.91 Å². The summed E-state index contributed by atoms with van der Waals surface area (Å²) in [7, 11) is 0. The number of halogens is 1. The van der Waals surface area contributed by atoms with Crippen LogP contribution in [0.4, 0.5) is 4.39 Å². The maximum Gasteiger partial charge on any atom is 0.257 e. The average Bonchev–Trinajstić information content (AvgIpc) is 2.33. The maximum atomic E-state index is 13.1. The van der Waals surface area contributed by atoms with Gasteiger partial charge in [-0.2, -0.15) is 0 Å². The number of carbonyl (C=O) groups is 1. The van der Waals surface area contributed by atoms with Gasteiger partial charge in [-0.25, -0.2) is 4.39 Å². The van der Waals surface area contributed by atoms with Gasteiger partial charge in [-0.3, -0.25) is 4.79 Å². The number of hydrogen-bond donors (Lipinski definition) is 2. The first kappa shape index (κ1) is 10.4. The van der Waals surface area contributed by atoms with E-state index in [2.05, 4.69) is 5.32 Å². The third-order valence-corrected chi connectivity index (χ3v) is 2.28. The van der Waals surface area contributed by atoms with Crippen molar-refractivity contribution in [1.29, 1.82) is 0 Å². The van der Waals surface area contributed by atoms with Crippen molar-refractivity contribution in [3.05, 3.63) is 0 Å². The molecule has 0 spiro atoms. The summed E-state index contributed by atoms with van der Waals surface area (Å²) in [6.07, 6.45) is 1.63. The molecule has 0 radical (unpaired) electrons. The van der Waals surface area contributed by atoms with Gasteiger partial charge in [0.1, 0.15) is 0 Å². The Hall–Kier alpha value is -0.640. The third-order valence-electron chi connectivity index (χ3n) is 2.28. The Labute approximate surface area is 77.3 Å². The van der Waals surface area contributed by atoms with E-state index in [-0.39, 0.29) is 12.1 Å². The predicted octanol–water partition coefficient (Wildman–Crippen LogP) is 0.764. The summed E-state index contributed by atoms with van der Waals surface area (Å²) in [6.45, 7) is 2.46. The van der Waals surface area contributed by atoms with Gasteiger partial charge in [0.25, 0.3) is 5.91 Å². The van der Waals surface area contributed by atoms with Crippen LogP contribution in [0.15, 0.2) is 0 Å². The van der Waals surface area contributed by atoms with Crippen LogP contribution in [0.2, 0.25) is 0 Å². The Morgan fingerprint density at radius 3 is 2.54 bits per heavy atom. The van der Waals surface area contributed by atoms with Gasteiger partial charge in [0.15, 0.2) is 5.67 Å². The zero-order valence-electron chi connectivity index (χ0n) is 8.01. The van der Waals surface area contributed by atoms with Crippen molar-refractivity contribution < 1.29 is 14.3 Å². The fourth-order valence-corrected chi connectivity index (χ4v) is 1.45. The van der Waals surface area contributed by atoms with Crippen LogP contribution in [0, 0.1) is 0 Å². The zero-order valence-corrected chi connectivity index (χ0v) is 8.01. The van der Waals surface area contributed by atoms with E-state index in [1.54, 1.807) is 0 Å². The van der Waals surface area contributed by atoms with E-state index in [4.69, 9.17) is 0 Å². The van der Waals surface area contributed by atoms with Crippen LogP contribution in [0.3, 0.4) is 0 Å². The molecule has 0 aromatic heterocycles. The number of alkyl halides is 1. The molecule has 3 nitrogen and oxygen atoms in total. The molecule has 2 N–H and O–H groups in total. The second-order valence-corrected chi connectivity index (χ2v) is 4.11. The number of aliphatic hydroxyl groups is 1. The van der Waals surface area contributed by atoms with Gasteiger partial charge in [0.2, 0.25) is 0 Å². The second kappa shape index (κ2) is 3.62. The van der Waals surface area contributed by atoms with Gasteiger partial charge < -0.3 is 10.4 Å². The minimum atomic E-state index is -1.83. The highest BCUT2D eigenvalue weighted by atomic mass is 19.1. The van der Waals surface area contributed by atoms with Crippen molar-refractivity contribution in [1.82, 2.24) is 5.32 Å². The Bertz CT molecular complexity index is 200. The van der Waals surface area contributed by atoms with Gasteiger partial charge in [0, 0.05) is 6.04 Å². The number of carbonyl (C=O) groups excluding carboxylic acids is 1. The van der Waals surface area contributed by atoms with Gasteiger partial charge in [-0.05, 0) is 33.1 Å². The van der Waals surface area contributed by atoms with Crippen LogP contribution in [-0.4, -0.2) is 28.8 Å². The average molecular weight is 189 g/mol. The molecule has 0 bridgehead atoms. The molecule has 1 amide bonds. The highest BCUT2D eigenvalue weighted by Gasteiger charge is 2.31. The summed E-state index contributed by atoms with van der Waals surface area (Å²) in [5.74, 6) is -0.591. The first-order valence-corrected chi connectivity index (χ1v) is 4.57. The van der Waals surface area contributed by atoms with E-state index in [9.17, 15) is 14.3 Å². The lowest BCUT2D eigenvalue weighted by Crippen LogP contribution is -2.43. The number of hydrogen-bond acceptors (Lipinski definition) is 2. The quantitative estimate of drug-likeness (QED) is 0.674. The van der Waals surface area contributed by atoms with Crippen molar-refractivity contribution in [2.75, 3.05) is 0 Å². The highest BCUT2D eigenvalue weighted by Crippen LogP contribution is 2.20. The molecule has 1 rings (SSSR count). The standard InChI is InChI=1S/C9H16FNO2/c1-9(2,10)8(13)11-6-3-4-7(12)5-6/h6-7,12H,3-5H2,1-2H3,(H,11,13)/t6-,7+/m0/s1. The minimum Gasteiger partial charge on any atom is -0.393 e. The Balaban J connectivity index is 2.37. The van der Waals surface area contributed by atoms with Crippen LogP contribution >= 0.6 is 0 Å². The van der Waals surface area contributed by atoms with E-state index in [1.807, 2.05) is 0 Å². The summed E-state index contributed by atoms with van der Waals surface area (Å²) in [6, 6.07) is -0.0578. The lowest BCUT2D eigenvalue weighted by Gasteiger charge is -2.18. The molecule has 1 aliphatic rings. The molecule has 2 atom stereocenters.